The molecule has 0 aromatic heterocycles. The van der Waals surface area contributed by atoms with Crippen molar-refractivity contribution in [1.29, 1.82) is 0 Å². The molecule has 1 heterocycles. The van der Waals surface area contributed by atoms with Crippen LogP contribution >= 0.6 is 19.4 Å². The van der Waals surface area contributed by atoms with Crippen LogP contribution in [-0.4, -0.2) is 33.1 Å². The third-order valence-electron chi connectivity index (χ3n) is 3.63. The Hall–Kier alpha value is -1.34. The molecule has 7 nitrogen and oxygen atoms in total. The molecule has 1 aliphatic heterocycles. The van der Waals surface area contributed by atoms with Crippen molar-refractivity contribution in [1.82, 2.24) is 0 Å². The number of aliphatic imine (C=N–C) groups is 1. The molecule has 0 aromatic rings. The number of rotatable bonds is 6. The average molecular weight is 358 g/mol. The first kappa shape index (κ1) is 18.0. The van der Waals surface area contributed by atoms with Gasteiger partial charge in [0.25, 0.3) is 0 Å². The summed E-state index contributed by atoms with van der Waals surface area (Å²) in [5.41, 5.74) is 6.30. The number of ether oxygens (including phenoxy) is 1. The predicted octanol–water partition coefficient (Wildman–Crippen LogP) is 1.89. The van der Waals surface area contributed by atoms with Gasteiger partial charge in [0.1, 0.15) is 12.4 Å². The van der Waals surface area contributed by atoms with Crippen LogP contribution in [0.3, 0.4) is 0 Å². The third-order valence-corrected chi connectivity index (χ3v) is 5.30. The number of nitrogens with zero attached hydrogens (tertiary/aromatic N) is 1. The molecule has 2 aliphatic rings. The maximum atomic E-state index is 11.8. The van der Waals surface area contributed by atoms with E-state index in [0.717, 1.165) is 19.3 Å². The van der Waals surface area contributed by atoms with Gasteiger partial charge in [0.15, 0.2) is 5.17 Å². The van der Waals surface area contributed by atoms with E-state index in [1.165, 1.54) is 23.9 Å². The Morgan fingerprint density at radius 1 is 1.48 bits per heavy atom. The first-order valence-corrected chi connectivity index (χ1v) is 9.66. The molecule has 126 valence electrons. The summed E-state index contributed by atoms with van der Waals surface area (Å²) in [5, 5.41) is 0.230. The fourth-order valence-corrected chi connectivity index (χ4v) is 3.21. The molecular weight excluding hydrogens is 339 g/mol. The Labute approximate surface area is 138 Å². The minimum absolute atomic E-state index is 0.0434. The molecule has 0 amide bonds. The van der Waals surface area contributed by atoms with Gasteiger partial charge in [-0.1, -0.05) is 24.8 Å². The molecule has 0 spiro atoms. The van der Waals surface area contributed by atoms with Crippen molar-refractivity contribution in [3.05, 3.63) is 35.5 Å². The van der Waals surface area contributed by atoms with Crippen LogP contribution < -0.4 is 5.73 Å². The van der Waals surface area contributed by atoms with Crippen molar-refractivity contribution in [2.24, 2.45) is 16.6 Å². The Bertz CT molecular complexity index is 646. The van der Waals surface area contributed by atoms with Crippen LogP contribution in [0.4, 0.5) is 0 Å². The van der Waals surface area contributed by atoms with Crippen LogP contribution in [0, 0.1) is 5.92 Å². The van der Waals surface area contributed by atoms with E-state index in [1.807, 2.05) is 0 Å². The van der Waals surface area contributed by atoms with Gasteiger partial charge in [0.2, 0.25) is 5.50 Å². The Morgan fingerprint density at radius 2 is 2.17 bits per heavy atom. The fraction of sp³-hybridized carbons (Fsp3) is 0.429. The lowest BCUT2D eigenvalue weighted by molar-refractivity contribution is -0.122. The van der Waals surface area contributed by atoms with E-state index in [1.54, 1.807) is 0 Å². The molecule has 0 aromatic carbocycles. The zero-order valence-electron chi connectivity index (χ0n) is 12.5. The molecule has 0 atom stereocenters. The molecule has 0 bridgehead atoms. The number of nitrogens with two attached hydrogens (primary N) is 1. The Morgan fingerprint density at radius 3 is 2.65 bits per heavy atom. The molecular formula is C14H19N2O5PS. The van der Waals surface area contributed by atoms with Crippen LogP contribution in [0.25, 0.3) is 0 Å². The van der Waals surface area contributed by atoms with Gasteiger partial charge >= 0.3 is 7.60 Å². The highest BCUT2D eigenvalue weighted by molar-refractivity contribution is 8.14. The number of amidine groups is 1. The van der Waals surface area contributed by atoms with Crippen LogP contribution in [0.5, 0.6) is 0 Å². The van der Waals surface area contributed by atoms with Gasteiger partial charge in [-0.3, -0.25) is 9.36 Å². The summed E-state index contributed by atoms with van der Waals surface area (Å²) in [6.07, 6.45) is 5.72. The Kier molecular flexibility index (Phi) is 5.86. The van der Waals surface area contributed by atoms with Crippen molar-refractivity contribution >= 4 is 30.3 Å². The highest BCUT2D eigenvalue weighted by Crippen LogP contribution is 2.46. The molecule has 4 N–H and O–H groups in total. The monoisotopic (exact) mass is 358 g/mol. The van der Waals surface area contributed by atoms with Gasteiger partial charge in [0.05, 0.1) is 11.4 Å². The van der Waals surface area contributed by atoms with Crippen LogP contribution in [0.2, 0.25) is 0 Å². The van der Waals surface area contributed by atoms with Gasteiger partial charge < -0.3 is 20.3 Å². The number of hydrogen-bond donors (Lipinski definition) is 3. The molecule has 1 fully saturated rings. The SMILES string of the molecule is C=C(N=C(N)SCC(=O)C1CCC1)C1=CC=C(P(=O)(O)O)OC1. The molecule has 2 rings (SSSR count). The summed E-state index contributed by atoms with van der Waals surface area (Å²) >= 11 is 1.17. The molecule has 0 unspecified atom stereocenters. The summed E-state index contributed by atoms with van der Waals surface area (Å²) in [4.78, 5) is 33.9. The number of thioether (sulfide) groups is 1. The number of Topliss-reactive ketones (excluding diaryl/α,β-unsaturated/α-hetero) is 1. The second-order valence-corrected chi connectivity index (χ2v) is 7.83. The molecule has 23 heavy (non-hydrogen) atoms. The highest BCUT2D eigenvalue weighted by atomic mass is 32.2. The van der Waals surface area contributed by atoms with Crippen molar-refractivity contribution in [2.45, 2.75) is 19.3 Å². The Balaban J connectivity index is 1.90. The third kappa shape index (κ3) is 5.07. The van der Waals surface area contributed by atoms with E-state index >= 15 is 0 Å². The minimum atomic E-state index is -4.39. The van der Waals surface area contributed by atoms with Gasteiger partial charge in [-0.15, -0.1) is 0 Å². The number of ketones is 1. The molecule has 9 heteroatoms. The standard InChI is InChI=1S/C14H19N2O5PS/c1-9(11-5-6-13(21-7-11)22(18,19)20)16-14(15)23-8-12(17)10-3-2-4-10/h5-6,10H,1-4,7-8H2,(H2,15,16)(H2,18,19,20). The van der Waals surface area contributed by atoms with E-state index < -0.39 is 7.60 Å². The van der Waals surface area contributed by atoms with E-state index in [-0.39, 0.29) is 29.0 Å². The lowest BCUT2D eigenvalue weighted by atomic mass is 9.83. The maximum Gasteiger partial charge on any atom is 0.390 e. The van der Waals surface area contributed by atoms with E-state index in [2.05, 4.69) is 11.6 Å². The second kappa shape index (κ2) is 7.49. The van der Waals surface area contributed by atoms with Crippen molar-refractivity contribution in [3.63, 3.8) is 0 Å². The first-order valence-electron chi connectivity index (χ1n) is 7.06. The normalized spacial score (nSPS) is 19.3. The predicted molar refractivity (Wildman–Crippen MR) is 89.7 cm³/mol. The van der Waals surface area contributed by atoms with Crippen molar-refractivity contribution in [2.75, 3.05) is 12.4 Å². The quantitative estimate of drug-likeness (QED) is 0.376. The maximum absolute atomic E-state index is 11.8. The van der Waals surface area contributed by atoms with Crippen LogP contribution in [0.1, 0.15) is 19.3 Å². The van der Waals surface area contributed by atoms with E-state index in [9.17, 15) is 9.36 Å². The largest absolute Gasteiger partial charge is 0.481 e. The summed E-state index contributed by atoms with van der Waals surface area (Å²) in [7, 11) is -4.39. The van der Waals surface area contributed by atoms with Gasteiger partial charge in [-0.05, 0) is 25.0 Å². The first-order chi connectivity index (χ1) is 10.8. The van der Waals surface area contributed by atoms with Crippen LogP contribution in [0.15, 0.2) is 40.5 Å². The van der Waals surface area contributed by atoms with Crippen molar-refractivity contribution < 1.29 is 23.9 Å². The number of allylic oxidation sites excluding steroid dienone is 2. The average Bonchev–Trinajstić information content (AvgIpc) is 2.42. The molecule has 1 saturated carbocycles. The van der Waals surface area contributed by atoms with E-state index in [0.29, 0.717) is 17.0 Å². The molecule has 0 radical (unpaired) electrons. The summed E-state index contributed by atoms with van der Waals surface area (Å²) in [6, 6.07) is 0. The lowest BCUT2D eigenvalue weighted by Crippen LogP contribution is -2.24. The number of carbonyl (C=O) groups excluding carboxylic acids is 1. The summed E-state index contributed by atoms with van der Waals surface area (Å²) < 4.78 is 16.0. The molecule has 1 aliphatic carbocycles. The summed E-state index contributed by atoms with van der Waals surface area (Å²) in [5.74, 6) is 0.661. The van der Waals surface area contributed by atoms with Crippen molar-refractivity contribution in [3.8, 4) is 0 Å². The lowest BCUT2D eigenvalue weighted by Gasteiger charge is -2.23. The topological polar surface area (TPSA) is 122 Å². The number of hydrogen-bond acceptors (Lipinski definition) is 5. The zero-order valence-corrected chi connectivity index (χ0v) is 14.2. The second-order valence-electron chi connectivity index (χ2n) is 5.31. The van der Waals surface area contributed by atoms with Crippen LogP contribution in [-0.2, 0) is 14.1 Å². The van der Waals surface area contributed by atoms with Gasteiger partial charge in [0, 0.05) is 11.5 Å². The molecule has 0 saturated heterocycles. The number of carbonyl (C=O) groups is 1. The zero-order chi connectivity index (χ0) is 17.0. The smallest absolute Gasteiger partial charge is 0.390 e. The summed E-state index contributed by atoms with van der Waals surface area (Å²) in [6.45, 7) is 3.71. The highest BCUT2D eigenvalue weighted by Gasteiger charge is 2.26. The fourth-order valence-electron chi connectivity index (χ4n) is 2.01. The van der Waals surface area contributed by atoms with Gasteiger partial charge in [-0.2, -0.15) is 0 Å². The minimum Gasteiger partial charge on any atom is -0.481 e. The van der Waals surface area contributed by atoms with Gasteiger partial charge in [-0.25, -0.2) is 4.99 Å². The van der Waals surface area contributed by atoms with E-state index in [4.69, 9.17) is 20.3 Å².